The molecule has 0 aliphatic heterocycles. The van der Waals surface area contributed by atoms with Gasteiger partial charge in [0, 0.05) is 17.1 Å². The summed E-state index contributed by atoms with van der Waals surface area (Å²) in [5.41, 5.74) is 4.47. The Morgan fingerprint density at radius 3 is 2.67 bits per heavy atom. The fraction of sp³-hybridized carbons (Fsp3) is 0.130. The Bertz CT molecular complexity index is 1330. The van der Waals surface area contributed by atoms with Crippen LogP contribution in [0.3, 0.4) is 0 Å². The molecule has 7 heteroatoms. The van der Waals surface area contributed by atoms with E-state index in [1.807, 2.05) is 40.3 Å². The number of fused-ring (bicyclic) bond motifs is 3. The van der Waals surface area contributed by atoms with Gasteiger partial charge in [0.05, 0.1) is 34.4 Å². The summed E-state index contributed by atoms with van der Waals surface area (Å²) >= 11 is 12.3. The first-order chi connectivity index (χ1) is 14.5. The van der Waals surface area contributed by atoms with Crippen molar-refractivity contribution >= 4 is 51.7 Å². The number of carbonyl (C=O) groups is 1. The molecule has 2 heterocycles. The van der Waals surface area contributed by atoms with E-state index in [0.717, 1.165) is 16.7 Å². The van der Waals surface area contributed by atoms with Crippen LogP contribution in [-0.2, 0) is 6.54 Å². The third kappa shape index (κ3) is 3.30. The summed E-state index contributed by atoms with van der Waals surface area (Å²) in [7, 11) is 1.52. The monoisotopic (exact) mass is 439 g/mol. The Kier molecular flexibility index (Phi) is 5.41. The second kappa shape index (κ2) is 8.01. The van der Waals surface area contributed by atoms with Crippen molar-refractivity contribution in [1.82, 2.24) is 14.2 Å². The van der Waals surface area contributed by atoms with Crippen molar-refractivity contribution in [2.45, 2.75) is 13.5 Å². The molecule has 0 N–H and O–H groups in total. The van der Waals surface area contributed by atoms with E-state index in [4.69, 9.17) is 27.9 Å². The van der Waals surface area contributed by atoms with Crippen LogP contribution in [0.4, 0.5) is 0 Å². The molecule has 4 rings (SSSR count). The number of aromatic nitrogens is 3. The van der Waals surface area contributed by atoms with Crippen LogP contribution in [-0.4, -0.2) is 27.1 Å². The third-order valence-corrected chi connectivity index (χ3v) is 5.40. The molecule has 0 saturated carbocycles. The van der Waals surface area contributed by atoms with Gasteiger partial charge < -0.3 is 9.30 Å². The highest BCUT2D eigenvalue weighted by atomic mass is 35.5. The quantitative estimate of drug-likeness (QED) is 0.210. The standard InChI is InChI=1S/C23H19Cl2N3O2/c1-4-11-27-18-7-5-6-8-19(18)28-23(27)21(14(2)26-28)20(29)10-9-15-12-16(24)13-17(25)22(15)30-3/h4-10,12-13H,1,11H2,2-3H3/b10-9+. The molecule has 0 bridgehead atoms. The number of allylic oxidation sites excluding steroid dienone is 2. The minimum atomic E-state index is -0.172. The van der Waals surface area contributed by atoms with Gasteiger partial charge >= 0.3 is 0 Å². The highest BCUT2D eigenvalue weighted by molar-refractivity contribution is 6.36. The largest absolute Gasteiger partial charge is 0.495 e. The van der Waals surface area contributed by atoms with Gasteiger partial charge in [-0.15, -0.1) is 6.58 Å². The van der Waals surface area contributed by atoms with Crippen LogP contribution in [0.15, 0.2) is 55.1 Å². The normalized spacial score (nSPS) is 11.6. The van der Waals surface area contributed by atoms with Gasteiger partial charge in [-0.3, -0.25) is 4.79 Å². The molecular formula is C23H19Cl2N3O2. The molecule has 4 aromatic rings. The number of hydrogen-bond acceptors (Lipinski definition) is 3. The number of benzene rings is 2. The summed E-state index contributed by atoms with van der Waals surface area (Å²) in [5, 5.41) is 5.47. The van der Waals surface area contributed by atoms with Gasteiger partial charge in [0.1, 0.15) is 11.4 Å². The van der Waals surface area contributed by atoms with Crippen molar-refractivity contribution in [3.8, 4) is 5.75 Å². The lowest BCUT2D eigenvalue weighted by molar-refractivity contribution is 0.104. The maximum Gasteiger partial charge on any atom is 0.191 e. The molecule has 0 aliphatic rings. The zero-order chi connectivity index (χ0) is 21.4. The second-order valence-electron chi connectivity index (χ2n) is 6.79. The summed E-state index contributed by atoms with van der Waals surface area (Å²) in [4.78, 5) is 13.2. The summed E-state index contributed by atoms with van der Waals surface area (Å²) in [6.45, 7) is 6.24. The molecule has 30 heavy (non-hydrogen) atoms. The van der Waals surface area contributed by atoms with Gasteiger partial charge in [0.25, 0.3) is 0 Å². The fourth-order valence-electron chi connectivity index (χ4n) is 3.69. The topological polar surface area (TPSA) is 48.5 Å². The van der Waals surface area contributed by atoms with Crippen LogP contribution in [0.25, 0.3) is 22.8 Å². The lowest BCUT2D eigenvalue weighted by atomic mass is 10.1. The summed E-state index contributed by atoms with van der Waals surface area (Å²) in [5.74, 6) is 0.288. The van der Waals surface area contributed by atoms with E-state index in [2.05, 4.69) is 11.7 Å². The molecule has 0 saturated heterocycles. The molecule has 0 atom stereocenters. The predicted octanol–water partition coefficient (Wildman–Crippen LogP) is 5.99. The average Bonchev–Trinajstić information content (AvgIpc) is 3.20. The van der Waals surface area contributed by atoms with E-state index in [1.165, 1.54) is 13.2 Å². The van der Waals surface area contributed by atoms with Crippen molar-refractivity contribution < 1.29 is 9.53 Å². The van der Waals surface area contributed by atoms with E-state index in [-0.39, 0.29) is 5.78 Å². The van der Waals surface area contributed by atoms with Gasteiger partial charge in [0.15, 0.2) is 5.78 Å². The van der Waals surface area contributed by atoms with E-state index in [1.54, 1.807) is 24.3 Å². The predicted molar refractivity (Wildman–Crippen MR) is 122 cm³/mol. The van der Waals surface area contributed by atoms with Crippen LogP contribution < -0.4 is 4.74 Å². The Balaban J connectivity index is 1.86. The Hall–Kier alpha value is -3.02. The summed E-state index contributed by atoms with van der Waals surface area (Å²) in [6.07, 6.45) is 4.95. The number of halogens is 2. The second-order valence-corrected chi connectivity index (χ2v) is 7.64. The molecule has 2 aromatic carbocycles. The summed E-state index contributed by atoms with van der Waals surface area (Å²) in [6, 6.07) is 11.2. The number of imidazole rings is 1. The number of methoxy groups -OCH3 is 1. The van der Waals surface area contributed by atoms with Crippen LogP contribution in [0.5, 0.6) is 5.75 Å². The molecular weight excluding hydrogens is 421 g/mol. The van der Waals surface area contributed by atoms with Crippen molar-refractivity contribution in [3.05, 3.63) is 82.0 Å². The molecule has 0 spiro atoms. The van der Waals surface area contributed by atoms with Crippen molar-refractivity contribution in [2.24, 2.45) is 0 Å². The number of aryl methyl sites for hydroxylation is 1. The molecule has 2 aromatic heterocycles. The first-order valence-electron chi connectivity index (χ1n) is 9.29. The van der Waals surface area contributed by atoms with Crippen LogP contribution in [0, 0.1) is 6.92 Å². The van der Waals surface area contributed by atoms with Crippen LogP contribution in [0.1, 0.15) is 21.6 Å². The van der Waals surface area contributed by atoms with Crippen molar-refractivity contribution in [3.63, 3.8) is 0 Å². The van der Waals surface area contributed by atoms with Gasteiger partial charge in [0.2, 0.25) is 0 Å². The van der Waals surface area contributed by atoms with E-state index in [0.29, 0.717) is 39.2 Å². The van der Waals surface area contributed by atoms with E-state index in [9.17, 15) is 4.79 Å². The van der Waals surface area contributed by atoms with E-state index >= 15 is 0 Å². The highest BCUT2D eigenvalue weighted by Crippen LogP contribution is 2.33. The van der Waals surface area contributed by atoms with Gasteiger partial charge in [-0.25, -0.2) is 4.52 Å². The summed E-state index contributed by atoms with van der Waals surface area (Å²) < 4.78 is 9.21. The zero-order valence-corrected chi connectivity index (χ0v) is 18.0. The smallest absolute Gasteiger partial charge is 0.191 e. The third-order valence-electron chi connectivity index (χ3n) is 4.91. The van der Waals surface area contributed by atoms with Gasteiger partial charge in [-0.1, -0.05) is 41.4 Å². The van der Waals surface area contributed by atoms with Gasteiger partial charge in [-0.05, 0) is 43.3 Å². The minimum Gasteiger partial charge on any atom is -0.495 e. The van der Waals surface area contributed by atoms with E-state index < -0.39 is 0 Å². The highest BCUT2D eigenvalue weighted by Gasteiger charge is 2.22. The lowest BCUT2D eigenvalue weighted by Crippen LogP contribution is -2.02. The SMILES string of the molecule is C=CCn1c2ccccc2n2nc(C)c(C(=O)/C=C/c3cc(Cl)cc(Cl)c3OC)c12. The molecule has 0 unspecified atom stereocenters. The average molecular weight is 440 g/mol. The Labute approximate surface area is 183 Å². The van der Waals surface area contributed by atoms with Gasteiger partial charge in [-0.2, -0.15) is 5.10 Å². The maximum atomic E-state index is 13.2. The number of nitrogens with zero attached hydrogens (tertiary/aromatic N) is 3. The van der Waals surface area contributed by atoms with Crippen molar-refractivity contribution in [2.75, 3.05) is 7.11 Å². The molecule has 0 amide bonds. The number of hydrogen-bond donors (Lipinski definition) is 0. The minimum absolute atomic E-state index is 0.172. The number of para-hydroxylation sites is 2. The fourth-order valence-corrected chi connectivity index (χ4v) is 4.27. The van der Waals surface area contributed by atoms with Crippen molar-refractivity contribution in [1.29, 1.82) is 0 Å². The molecule has 0 aliphatic carbocycles. The first-order valence-corrected chi connectivity index (χ1v) is 10.0. The number of ether oxygens (including phenoxy) is 1. The lowest BCUT2D eigenvalue weighted by Gasteiger charge is -2.07. The number of ketones is 1. The maximum absolute atomic E-state index is 13.2. The Morgan fingerprint density at radius 2 is 1.97 bits per heavy atom. The first kappa shape index (κ1) is 20.3. The molecule has 0 radical (unpaired) electrons. The molecule has 5 nitrogen and oxygen atoms in total. The Morgan fingerprint density at radius 1 is 1.23 bits per heavy atom. The molecule has 152 valence electrons. The number of rotatable bonds is 6. The number of carbonyl (C=O) groups excluding carboxylic acids is 1. The van der Waals surface area contributed by atoms with Crippen LogP contribution in [0.2, 0.25) is 10.0 Å². The van der Waals surface area contributed by atoms with Crippen LogP contribution >= 0.6 is 23.2 Å². The molecule has 0 fully saturated rings. The zero-order valence-electron chi connectivity index (χ0n) is 16.5.